The van der Waals surface area contributed by atoms with E-state index in [1.807, 2.05) is 38.1 Å². The molecule has 0 amide bonds. The van der Waals surface area contributed by atoms with Gasteiger partial charge in [0.05, 0.1) is 0 Å². The molecule has 0 atom stereocenters. The first-order valence-electron chi connectivity index (χ1n) is 25.7. The first-order valence-corrected chi connectivity index (χ1v) is 27.8. The number of unbranched alkanes of at least 4 members (excludes halogenated alkanes) is 4. The molecule has 0 aliphatic carbocycles. The second-order valence-corrected chi connectivity index (χ2v) is 24.2. The highest BCUT2D eigenvalue weighted by atomic mass is 32.3. The van der Waals surface area contributed by atoms with Gasteiger partial charge in [0.1, 0.15) is 46.5 Å². The summed E-state index contributed by atoms with van der Waals surface area (Å²) in [6.45, 7) is 21.6. The van der Waals surface area contributed by atoms with E-state index in [1.165, 1.54) is 46.5 Å². The van der Waals surface area contributed by atoms with Crippen molar-refractivity contribution >= 4 is 10.0 Å². The molecule has 6 aromatic carbocycles. The molecule has 6 aromatic rings. The topological polar surface area (TPSA) is 58.9 Å². The Labute approximate surface area is 414 Å². The number of phenols is 2. The maximum Gasteiger partial charge on any atom is 0.131 e. The summed E-state index contributed by atoms with van der Waals surface area (Å²) in [5, 5.41) is 24.6. The van der Waals surface area contributed by atoms with Crippen molar-refractivity contribution in [1.29, 1.82) is 0 Å². The zero-order chi connectivity index (χ0) is 49.8. The molecule has 0 aliphatic rings. The second-order valence-electron chi connectivity index (χ2n) is 19.8. The summed E-state index contributed by atoms with van der Waals surface area (Å²) < 4.78 is 44.5. The molecule has 6 rings (SSSR count). The van der Waals surface area contributed by atoms with Crippen LogP contribution in [0.25, 0.3) is 44.5 Å². The van der Waals surface area contributed by atoms with Crippen LogP contribution in [0.2, 0.25) is 0 Å². The Bertz CT molecular complexity index is 2430. The van der Waals surface area contributed by atoms with Crippen LogP contribution < -0.4 is 9.47 Å². The Balaban J connectivity index is 1.35. The van der Waals surface area contributed by atoms with Gasteiger partial charge >= 0.3 is 0 Å². The number of halogens is 2. The van der Waals surface area contributed by atoms with Crippen LogP contribution in [0.5, 0.6) is 23.0 Å². The summed E-state index contributed by atoms with van der Waals surface area (Å²) in [5.41, 5.74) is 12.3. The predicted octanol–water partition coefficient (Wildman–Crippen LogP) is 18.0. The highest BCUT2D eigenvalue weighted by molar-refractivity contribution is 8.34. The third kappa shape index (κ3) is 13.1. The quantitative estimate of drug-likeness (QED) is 0.0635. The molecule has 69 heavy (non-hydrogen) atoms. The Hall–Kier alpha value is -5.27. The molecule has 370 valence electrons. The van der Waals surface area contributed by atoms with Gasteiger partial charge in [0.2, 0.25) is 0 Å². The SMILES string of the molecule is CCCCc1cc(CCCC)cc(-c2cc(C)cc(-c3cc(F)ccc3OCS(COc3ccc(F)cc3-c3cc(C)cc(-c4cc(CCCC)cc(CCCC)c4)c3O)(C(C)C)C(C)C)c2O)c1. The summed E-state index contributed by atoms with van der Waals surface area (Å²) in [4.78, 5) is 0. The van der Waals surface area contributed by atoms with Crippen molar-refractivity contribution in [2.45, 2.75) is 157 Å². The zero-order valence-corrected chi connectivity index (χ0v) is 44.0. The van der Waals surface area contributed by atoms with E-state index in [0.29, 0.717) is 56.8 Å². The van der Waals surface area contributed by atoms with Gasteiger partial charge in [0.25, 0.3) is 0 Å². The normalized spacial score (nSPS) is 12.0. The Morgan fingerprint density at radius 2 is 0.754 bits per heavy atom. The summed E-state index contributed by atoms with van der Waals surface area (Å²) in [5.74, 6) is 0.865. The van der Waals surface area contributed by atoms with Crippen LogP contribution >= 0.6 is 10.0 Å². The van der Waals surface area contributed by atoms with Crippen molar-refractivity contribution in [3.05, 3.63) is 142 Å². The number of hydrogen-bond donors (Lipinski definition) is 2. The molecule has 0 unspecified atom stereocenters. The molecule has 2 N–H and O–H groups in total. The molecule has 0 aliphatic heterocycles. The fourth-order valence-electron chi connectivity index (χ4n) is 9.49. The molecule has 0 radical (unpaired) electrons. The first kappa shape index (κ1) is 53.1. The van der Waals surface area contributed by atoms with Crippen LogP contribution in [0.4, 0.5) is 8.78 Å². The number of aromatic hydroxyl groups is 2. The second kappa shape index (κ2) is 24.5. The standard InChI is InChI=1S/C62H78F2O4S/c1-11-15-19-45-31-46(20-16-12-2)34-49(33-45)53-27-43(9)29-57(61(53)65)55-37-51(63)23-25-59(55)67-39-69(41(5)6,42(7)8)40-68-60-26-24-52(64)38-56(60)58-30-44(10)28-54(62(58)66)50-35-47(21-17-13-3)32-48(36-50)22-18-14-4/h23-38,41-42,65-66H,11-22,39-40H2,1-10H3. The number of rotatable bonds is 24. The number of phenolic OH excluding ortho intramolecular Hbond substituents is 2. The first-order chi connectivity index (χ1) is 33.1. The van der Waals surface area contributed by atoms with Gasteiger partial charge in [-0.1, -0.05) is 117 Å². The van der Waals surface area contributed by atoms with Gasteiger partial charge in [-0.2, -0.15) is 10.0 Å². The molecule has 4 nitrogen and oxygen atoms in total. The van der Waals surface area contributed by atoms with E-state index >= 15 is 8.78 Å². The average Bonchev–Trinajstić information content (AvgIpc) is 3.32. The van der Waals surface area contributed by atoms with E-state index in [0.717, 1.165) is 99.3 Å². The molecule has 0 saturated carbocycles. The van der Waals surface area contributed by atoms with Gasteiger partial charge in [-0.25, -0.2) is 8.78 Å². The minimum Gasteiger partial charge on any atom is -0.507 e. The smallest absolute Gasteiger partial charge is 0.131 e. The van der Waals surface area contributed by atoms with Crippen molar-refractivity contribution in [2.75, 3.05) is 11.9 Å². The average molecular weight is 957 g/mol. The maximum atomic E-state index is 15.4. The third-order valence-corrected chi connectivity index (χ3v) is 18.6. The van der Waals surface area contributed by atoms with Gasteiger partial charge in [0, 0.05) is 33.4 Å². The Morgan fingerprint density at radius 3 is 1.06 bits per heavy atom. The Kier molecular flexibility index (Phi) is 18.9. The fraction of sp³-hybridized carbons (Fsp3) is 0.419. The van der Waals surface area contributed by atoms with Gasteiger partial charge < -0.3 is 19.7 Å². The van der Waals surface area contributed by atoms with Crippen LogP contribution in [0.15, 0.2) is 97.1 Å². The molecular formula is C62H78F2O4S. The van der Waals surface area contributed by atoms with Crippen LogP contribution in [0.3, 0.4) is 0 Å². The van der Waals surface area contributed by atoms with E-state index in [9.17, 15) is 10.2 Å². The van der Waals surface area contributed by atoms with Crippen LogP contribution in [0.1, 0.15) is 140 Å². The predicted molar refractivity (Wildman–Crippen MR) is 291 cm³/mol. The lowest BCUT2D eigenvalue weighted by atomic mass is 9.91. The van der Waals surface area contributed by atoms with E-state index in [4.69, 9.17) is 9.47 Å². The van der Waals surface area contributed by atoms with Crippen LogP contribution in [0, 0.1) is 25.5 Å². The third-order valence-electron chi connectivity index (χ3n) is 13.7. The molecule has 0 aromatic heterocycles. The van der Waals surface area contributed by atoms with E-state index < -0.39 is 21.7 Å². The highest BCUT2D eigenvalue weighted by Gasteiger charge is 2.35. The van der Waals surface area contributed by atoms with Gasteiger partial charge in [0.15, 0.2) is 0 Å². The van der Waals surface area contributed by atoms with Crippen molar-refractivity contribution in [1.82, 2.24) is 0 Å². The minimum absolute atomic E-state index is 0.0901. The number of ether oxygens (including phenoxy) is 2. The highest BCUT2D eigenvalue weighted by Crippen LogP contribution is 2.57. The number of hydrogen-bond acceptors (Lipinski definition) is 4. The monoisotopic (exact) mass is 957 g/mol. The lowest BCUT2D eigenvalue weighted by molar-refractivity contribution is 0.362. The summed E-state index contributed by atoms with van der Waals surface area (Å²) in [6, 6.07) is 30.3. The molecule has 0 fully saturated rings. The van der Waals surface area contributed by atoms with Crippen LogP contribution in [-0.2, 0) is 25.7 Å². The number of aryl methyl sites for hydroxylation is 6. The molecule has 0 heterocycles. The van der Waals surface area contributed by atoms with Crippen LogP contribution in [-0.4, -0.2) is 32.6 Å². The van der Waals surface area contributed by atoms with E-state index in [1.54, 1.807) is 12.1 Å². The Morgan fingerprint density at radius 1 is 0.435 bits per heavy atom. The lowest BCUT2D eigenvalue weighted by Gasteiger charge is -2.46. The maximum absolute atomic E-state index is 15.4. The fourth-order valence-corrected chi connectivity index (χ4v) is 12.4. The summed E-state index contributed by atoms with van der Waals surface area (Å²) in [7, 11) is -1.79. The zero-order valence-electron chi connectivity index (χ0n) is 43.2. The summed E-state index contributed by atoms with van der Waals surface area (Å²) >= 11 is 0. The van der Waals surface area contributed by atoms with E-state index in [2.05, 4.69) is 91.8 Å². The van der Waals surface area contributed by atoms with Crippen molar-refractivity contribution in [2.24, 2.45) is 0 Å². The molecule has 0 saturated heterocycles. The molecular weight excluding hydrogens is 879 g/mol. The van der Waals surface area contributed by atoms with Crippen molar-refractivity contribution in [3.63, 3.8) is 0 Å². The largest absolute Gasteiger partial charge is 0.507 e. The summed E-state index contributed by atoms with van der Waals surface area (Å²) in [6.07, 6.45) is 12.6. The minimum atomic E-state index is -1.79. The number of benzene rings is 6. The van der Waals surface area contributed by atoms with Crippen molar-refractivity contribution < 1.29 is 28.5 Å². The lowest BCUT2D eigenvalue weighted by Crippen LogP contribution is -2.31. The molecule has 0 bridgehead atoms. The van der Waals surface area contributed by atoms with E-state index in [-0.39, 0.29) is 22.0 Å². The van der Waals surface area contributed by atoms with Gasteiger partial charge in [-0.3, -0.25) is 0 Å². The molecule has 7 heteroatoms. The molecule has 0 spiro atoms. The van der Waals surface area contributed by atoms with Crippen molar-refractivity contribution in [3.8, 4) is 67.5 Å². The van der Waals surface area contributed by atoms with Gasteiger partial charge in [-0.15, -0.1) is 0 Å². The van der Waals surface area contributed by atoms with Gasteiger partial charge in [-0.05, 0) is 181 Å².